The number of pyridine rings is 2. The minimum absolute atomic E-state index is 0.0955. The highest BCUT2D eigenvalue weighted by molar-refractivity contribution is 7.13. The molecule has 0 aliphatic rings. The van der Waals surface area contributed by atoms with Crippen LogP contribution in [0.4, 0.5) is 0 Å². The van der Waals surface area contributed by atoms with Gasteiger partial charge in [0.2, 0.25) is 5.56 Å². The van der Waals surface area contributed by atoms with Crippen molar-refractivity contribution in [3.05, 3.63) is 62.6 Å². The maximum absolute atomic E-state index is 11.9. The zero-order valence-corrected chi connectivity index (χ0v) is 13.4. The number of carboxylic acid groups (broad SMARTS) is 1. The lowest BCUT2D eigenvalue weighted by molar-refractivity contribution is 0.0704. The van der Waals surface area contributed by atoms with Gasteiger partial charge in [-0.1, -0.05) is 5.16 Å². The number of rotatable bonds is 4. The molecule has 25 heavy (non-hydrogen) atoms. The van der Waals surface area contributed by atoms with Crippen LogP contribution in [0.2, 0.25) is 0 Å². The quantitative estimate of drug-likeness (QED) is 0.576. The van der Waals surface area contributed by atoms with Gasteiger partial charge in [0.1, 0.15) is 4.88 Å². The summed E-state index contributed by atoms with van der Waals surface area (Å²) in [7, 11) is 0. The van der Waals surface area contributed by atoms with Gasteiger partial charge in [-0.05, 0) is 17.7 Å². The van der Waals surface area contributed by atoms with Gasteiger partial charge >= 0.3 is 5.97 Å². The summed E-state index contributed by atoms with van der Waals surface area (Å²) in [4.78, 5) is 34.1. The second-order valence-electron chi connectivity index (χ2n) is 5.25. The van der Waals surface area contributed by atoms with Gasteiger partial charge in [0.05, 0.1) is 11.1 Å². The topological polar surface area (TPSA) is 122 Å². The third-order valence-corrected chi connectivity index (χ3v) is 4.58. The molecular formula is C16H10N4O4S. The minimum Gasteiger partial charge on any atom is -0.477 e. The summed E-state index contributed by atoms with van der Waals surface area (Å²) in [6.45, 7) is 0. The van der Waals surface area contributed by atoms with Crippen molar-refractivity contribution < 1.29 is 14.4 Å². The molecule has 0 bridgehead atoms. The molecule has 124 valence electrons. The average molecular weight is 354 g/mol. The zero-order valence-electron chi connectivity index (χ0n) is 12.6. The number of hydrogen-bond donors (Lipinski definition) is 2. The lowest BCUT2D eigenvalue weighted by Crippen LogP contribution is -2.08. The number of nitrogens with one attached hydrogen (secondary N) is 1. The summed E-state index contributed by atoms with van der Waals surface area (Å²) >= 11 is 1.06. The fraction of sp³-hybridized carbons (Fsp3) is 0.0625. The van der Waals surface area contributed by atoms with E-state index in [4.69, 9.17) is 4.52 Å². The maximum Gasteiger partial charge on any atom is 0.348 e. The number of thiophene rings is 1. The number of fused-ring (bicyclic) bond motifs is 1. The Balaban J connectivity index is 1.73. The Labute approximate surface area is 143 Å². The van der Waals surface area contributed by atoms with E-state index in [2.05, 4.69) is 20.1 Å². The molecule has 0 saturated heterocycles. The molecule has 4 aromatic rings. The lowest BCUT2D eigenvalue weighted by atomic mass is 10.1. The fourth-order valence-corrected chi connectivity index (χ4v) is 3.40. The van der Waals surface area contributed by atoms with Gasteiger partial charge in [0, 0.05) is 35.6 Å². The van der Waals surface area contributed by atoms with Gasteiger partial charge < -0.3 is 14.6 Å². The average Bonchev–Trinajstić information content (AvgIpc) is 3.22. The second-order valence-corrected chi connectivity index (χ2v) is 6.13. The number of H-pyrrole nitrogens is 1. The van der Waals surface area contributed by atoms with Crippen LogP contribution in [0.3, 0.4) is 0 Å². The van der Waals surface area contributed by atoms with Gasteiger partial charge in [-0.2, -0.15) is 4.98 Å². The molecule has 9 heteroatoms. The Morgan fingerprint density at radius 3 is 3.04 bits per heavy atom. The summed E-state index contributed by atoms with van der Waals surface area (Å²) in [5.74, 6) is -0.346. The van der Waals surface area contributed by atoms with Gasteiger partial charge in [-0.3, -0.25) is 9.78 Å². The van der Waals surface area contributed by atoms with Crippen LogP contribution in [0.5, 0.6) is 0 Å². The summed E-state index contributed by atoms with van der Waals surface area (Å²) in [6.07, 6.45) is 3.51. The van der Waals surface area contributed by atoms with E-state index in [1.54, 1.807) is 29.9 Å². The Hall–Kier alpha value is -3.33. The summed E-state index contributed by atoms with van der Waals surface area (Å²) in [5.41, 5.74) is 1.28. The van der Waals surface area contributed by atoms with Gasteiger partial charge in [0.25, 0.3) is 5.89 Å². The first-order valence-electron chi connectivity index (χ1n) is 7.21. The SMILES string of the molecule is O=C(O)c1scc2c(Cc3noc(-c4cccnc4)n3)cc(=O)[nH]c12. The number of nitrogens with zero attached hydrogens (tertiary/aromatic N) is 3. The zero-order chi connectivity index (χ0) is 17.4. The molecule has 0 aromatic carbocycles. The van der Waals surface area contributed by atoms with Crippen molar-refractivity contribution in [1.82, 2.24) is 20.1 Å². The number of carboxylic acids is 1. The van der Waals surface area contributed by atoms with Crippen LogP contribution in [0, 0.1) is 0 Å². The third-order valence-electron chi connectivity index (χ3n) is 3.61. The molecular weight excluding hydrogens is 344 g/mol. The van der Waals surface area contributed by atoms with Crippen molar-refractivity contribution in [2.24, 2.45) is 0 Å². The van der Waals surface area contributed by atoms with Gasteiger partial charge in [0.15, 0.2) is 5.82 Å². The molecule has 0 fully saturated rings. The molecule has 0 amide bonds. The number of hydrogen-bond acceptors (Lipinski definition) is 7. The minimum atomic E-state index is -1.08. The molecule has 0 unspecified atom stereocenters. The van der Waals surface area contributed by atoms with E-state index in [1.165, 1.54) is 6.07 Å². The van der Waals surface area contributed by atoms with Crippen molar-refractivity contribution in [3.63, 3.8) is 0 Å². The van der Waals surface area contributed by atoms with Crippen molar-refractivity contribution >= 4 is 28.2 Å². The first-order valence-corrected chi connectivity index (χ1v) is 8.09. The van der Waals surface area contributed by atoms with Crippen molar-refractivity contribution in [3.8, 4) is 11.5 Å². The van der Waals surface area contributed by atoms with Gasteiger partial charge in [-0.15, -0.1) is 11.3 Å². The van der Waals surface area contributed by atoms with E-state index in [9.17, 15) is 14.7 Å². The number of aromatic amines is 1. The molecule has 0 radical (unpaired) electrons. The van der Waals surface area contributed by atoms with Crippen molar-refractivity contribution in [2.45, 2.75) is 6.42 Å². The molecule has 0 aliphatic heterocycles. The van der Waals surface area contributed by atoms with Crippen LogP contribution in [0.15, 0.2) is 45.3 Å². The van der Waals surface area contributed by atoms with E-state index in [1.807, 2.05) is 0 Å². The Morgan fingerprint density at radius 1 is 1.40 bits per heavy atom. The summed E-state index contributed by atoms with van der Waals surface area (Å²) in [6, 6.07) is 4.98. The Bertz CT molecular complexity index is 1130. The molecule has 0 spiro atoms. The standard InChI is InChI=1S/C16H10N4O4S/c21-12-5-9(10-7-25-14(16(22)23)13(10)19-12)4-11-18-15(24-20-11)8-2-1-3-17-6-8/h1-3,5-7H,4H2,(H,19,21)(H,22,23). The van der Waals surface area contributed by atoms with E-state index >= 15 is 0 Å². The van der Waals surface area contributed by atoms with Crippen molar-refractivity contribution in [2.75, 3.05) is 0 Å². The Morgan fingerprint density at radius 2 is 2.28 bits per heavy atom. The highest BCUT2D eigenvalue weighted by Crippen LogP contribution is 2.27. The largest absolute Gasteiger partial charge is 0.477 e. The van der Waals surface area contributed by atoms with E-state index < -0.39 is 5.97 Å². The molecule has 0 aliphatic carbocycles. The normalized spacial score (nSPS) is 11.0. The molecule has 8 nitrogen and oxygen atoms in total. The molecule has 4 heterocycles. The third kappa shape index (κ3) is 2.81. The van der Waals surface area contributed by atoms with E-state index in [0.29, 0.717) is 33.7 Å². The molecule has 0 saturated carbocycles. The number of carbonyl (C=O) groups is 1. The highest BCUT2D eigenvalue weighted by atomic mass is 32.1. The first kappa shape index (κ1) is 15.2. The highest BCUT2D eigenvalue weighted by Gasteiger charge is 2.17. The lowest BCUT2D eigenvalue weighted by Gasteiger charge is -2.00. The molecule has 2 N–H and O–H groups in total. The second kappa shape index (κ2) is 5.95. The maximum atomic E-state index is 11.9. The van der Waals surface area contributed by atoms with E-state index in [-0.39, 0.29) is 16.9 Å². The predicted molar refractivity (Wildman–Crippen MR) is 89.7 cm³/mol. The first-order chi connectivity index (χ1) is 12.1. The number of aromatic nitrogens is 4. The fourth-order valence-electron chi connectivity index (χ4n) is 2.52. The van der Waals surface area contributed by atoms with Gasteiger partial charge in [-0.25, -0.2) is 4.79 Å². The van der Waals surface area contributed by atoms with Crippen LogP contribution >= 0.6 is 11.3 Å². The van der Waals surface area contributed by atoms with Crippen LogP contribution in [-0.4, -0.2) is 31.2 Å². The Kier molecular flexibility index (Phi) is 3.62. The van der Waals surface area contributed by atoms with Crippen molar-refractivity contribution in [1.29, 1.82) is 0 Å². The van der Waals surface area contributed by atoms with E-state index in [0.717, 1.165) is 11.3 Å². The molecule has 4 rings (SSSR count). The molecule has 4 aromatic heterocycles. The van der Waals surface area contributed by atoms with Crippen LogP contribution < -0.4 is 5.56 Å². The van der Waals surface area contributed by atoms with Crippen LogP contribution in [-0.2, 0) is 6.42 Å². The number of aromatic carboxylic acids is 1. The molecule has 0 atom stereocenters. The van der Waals surface area contributed by atoms with Crippen LogP contribution in [0.1, 0.15) is 21.1 Å². The summed E-state index contributed by atoms with van der Waals surface area (Å²) in [5, 5.41) is 15.5. The monoisotopic (exact) mass is 354 g/mol. The summed E-state index contributed by atoms with van der Waals surface area (Å²) < 4.78 is 5.23. The van der Waals surface area contributed by atoms with Crippen LogP contribution in [0.25, 0.3) is 22.4 Å². The predicted octanol–water partition coefficient (Wildman–Crippen LogP) is 2.32. The smallest absolute Gasteiger partial charge is 0.348 e.